The number of carbonyl (C=O) groups is 2. The van der Waals surface area contributed by atoms with Gasteiger partial charge in [0.1, 0.15) is 4.90 Å². The topological polar surface area (TPSA) is 197 Å². The second-order valence-corrected chi connectivity index (χ2v) is 12.1. The van der Waals surface area contributed by atoms with E-state index in [9.17, 15) is 107 Å². The molecule has 12 nitrogen and oxygen atoms in total. The molecule has 1 aromatic rings. The van der Waals surface area contributed by atoms with Crippen LogP contribution in [-0.2, 0) is 24.3 Å². The molecule has 0 heterocycles. The fourth-order valence-corrected chi connectivity index (χ4v) is 4.70. The molecule has 0 fully saturated rings. The Morgan fingerprint density at radius 1 is 0.545 bits per heavy atom. The fourth-order valence-electron chi connectivity index (χ4n) is 3.86. The molecule has 0 saturated carbocycles. The zero-order valence-corrected chi connectivity index (χ0v) is 26.6. The van der Waals surface area contributed by atoms with Gasteiger partial charge in [-0.1, -0.05) is 0 Å². The van der Waals surface area contributed by atoms with Crippen LogP contribution in [0.5, 0.6) is 0 Å². The van der Waals surface area contributed by atoms with Crippen LogP contribution in [0.1, 0.15) is 51.8 Å². The third-order valence-corrected chi connectivity index (χ3v) is 8.00. The van der Waals surface area contributed by atoms with Crippen LogP contribution in [0.15, 0.2) is 17.0 Å². The van der Waals surface area contributed by atoms with E-state index in [1.165, 1.54) is 0 Å². The molecule has 5 N–H and O–H groups in total. The molecule has 1 aromatic carbocycles. The lowest BCUT2D eigenvalue weighted by Gasteiger charge is -2.32. The van der Waals surface area contributed by atoms with Crippen LogP contribution in [0.4, 0.5) is 79.0 Å². The van der Waals surface area contributed by atoms with Crippen LogP contribution < -0.4 is 0 Å². The molecule has 55 heavy (non-hydrogen) atoms. The highest BCUT2D eigenvalue weighted by Gasteiger charge is 2.72. The Morgan fingerprint density at radius 2 is 0.800 bits per heavy atom. The normalized spacial score (nSPS) is 15.2. The van der Waals surface area contributed by atoms with Gasteiger partial charge in [0.15, 0.2) is 6.29 Å². The van der Waals surface area contributed by atoms with Gasteiger partial charge in [0.2, 0.25) is 0 Å². The molecule has 0 aromatic heterocycles. The number of hydrogen-bond acceptors (Lipinski definition) is 11. The predicted octanol–water partition coefficient (Wildman–Crippen LogP) is 4.99. The first-order valence-electron chi connectivity index (χ1n) is 13.5. The Kier molecular flexibility index (Phi) is 14.3. The first kappa shape index (κ1) is 49.6. The van der Waals surface area contributed by atoms with Gasteiger partial charge in [-0.15, -0.1) is 0 Å². The number of ether oxygens (including phenoxy) is 3. The van der Waals surface area contributed by atoms with Gasteiger partial charge < -0.3 is 34.6 Å². The summed E-state index contributed by atoms with van der Waals surface area (Å²) < 4.78 is 279. The van der Waals surface area contributed by atoms with Gasteiger partial charge in [-0.25, -0.2) is 9.59 Å². The van der Waals surface area contributed by atoms with Gasteiger partial charge >= 0.3 is 49.0 Å². The Balaban J connectivity index is 3.81. The molecule has 1 atom stereocenters. The summed E-state index contributed by atoms with van der Waals surface area (Å²) in [6.45, 7) is -6.51. The van der Waals surface area contributed by atoms with Gasteiger partial charge in [0, 0.05) is 24.8 Å². The Morgan fingerprint density at radius 3 is 1.04 bits per heavy atom. The summed E-state index contributed by atoms with van der Waals surface area (Å²) in [5.41, 5.74) is -22.5. The van der Waals surface area contributed by atoms with E-state index in [0.717, 1.165) is 0 Å². The van der Waals surface area contributed by atoms with Crippen LogP contribution in [0, 0.1) is 0 Å². The average Bonchev–Trinajstić information content (AvgIpc) is 2.95. The van der Waals surface area contributed by atoms with Crippen molar-refractivity contribution in [3.8, 4) is 0 Å². The van der Waals surface area contributed by atoms with Crippen LogP contribution in [0.2, 0.25) is 0 Å². The SMILES string of the molecule is O=C(OCCC(O)(C(F)(F)F)C(F)(F)F)c1cc(C(O)OCCC(O)(C(F)(F)F)C(F)(F)F)cc(C(=O)OCCC(O)(C(F)(F)F)C(F)(F)F)c1S(=O)(=O)O. The summed E-state index contributed by atoms with van der Waals surface area (Å²) in [6.07, 6.45) is -50.3. The number of rotatable bonds is 14. The van der Waals surface area contributed by atoms with Crippen LogP contribution in [-0.4, -0.2) is 119 Å². The van der Waals surface area contributed by atoms with Crippen molar-refractivity contribution >= 4 is 22.1 Å². The van der Waals surface area contributed by atoms with Crippen molar-refractivity contribution in [3.63, 3.8) is 0 Å². The summed E-state index contributed by atoms with van der Waals surface area (Å²) in [5, 5.41) is 37.7. The molecular weight excluding hydrogens is 854 g/mol. The molecule has 1 rings (SSSR count). The molecule has 31 heteroatoms. The minimum absolute atomic E-state index is 0.238. The maximum absolute atomic E-state index is 13.0. The number of esters is 2. The molecule has 0 aliphatic carbocycles. The zero-order chi connectivity index (χ0) is 43.8. The third kappa shape index (κ3) is 10.7. The van der Waals surface area contributed by atoms with E-state index in [1.807, 2.05) is 0 Å². The molecule has 0 spiro atoms. The molecule has 1 unspecified atom stereocenters. The highest BCUT2D eigenvalue weighted by atomic mass is 32.2. The van der Waals surface area contributed by atoms with E-state index in [4.69, 9.17) is 15.3 Å². The van der Waals surface area contributed by atoms with E-state index >= 15 is 0 Å². The number of benzene rings is 1. The maximum atomic E-state index is 13.0. The molecule has 0 saturated heterocycles. The summed E-state index contributed by atoms with van der Waals surface area (Å²) in [5.74, 6) is -5.18. The quantitative estimate of drug-likeness (QED) is 0.0728. The summed E-state index contributed by atoms with van der Waals surface area (Å²) in [7, 11) is -6.29. The van der Waals surface area contributed by atoms with Crippen LogP contribution >= 0.6 is 0 Å². The van der Waals surface area contributed by atoms with Gasteiger partial charge in [0.25, 0.3) is 26.9 Å². The van der Waals surface area contributed by atoms with Gasteiger partial charge in [-0.05, 0) is 12.1 Å². The van der Waals surface area contributed by atoms with Crippen LogP contribution in [0.25, 0.3) is 0 Å². The lowest BCUT2D eigenvalue weighted by atomic mass is 9.98. The van der Waals surface area contributed by atoms with Crippen molar-refractivity contribution in [2.45, 2.75) is 84.3 Å². The minimum atomic E-state index is -6.57. The van der Waals surface area contributed by atoms with Crippen molar-refractivity contribution in [1.29, 1.82) is 0 Å². The van der Waals surface area contributed by atoms with Crippen molar-refractivity contribution in [2.75, 3.05) is 19.8 Å². The van der Waals surface area contributed by atoms with E-state index in [1.54, 1.807) is 0 Å². The molecular formula is C24H20F18O12S. The number of alkyl halides is 18. The smallest absolute Gasteiger partial charge is 0.426 e. The number of carbonyl (C=O) groups excluding carboxylic acids is 2. The highest BCUT2D eigenvalue weighted by Crippen LogP contribution is 2.47. The van der Waals surface area contributed by atoms with E-state index in [0.29, 0.717) is 0 Å². The Hall–Kier alpha value is -3.39. The number of aliphatic hydroxyl groups is 4. The molecule has 0 bridgehead atoms. The lowest BCUT2D eigenvalue weighted by molar-refractivity contribution is -0.372. The second kappa shape index (κ2) is 15.9. The van der Waals surface area contributed by atoms with Crippen molar-refractivity contribution < 1.29 is 136 Å². The molecule has 320 valence electrons. The standard InChI is InChI=1S/C24H20F18O12S/c25-19(26,27)16(46,20(28,29)30)1-4-52-13(43)9-7-10(14(44)53-5-2-17(47,21(31,32)33)22(34,35)36)12(55(49,50)51)11(8-9)15(45)54-6-3-18(48,23(37,38)39)24(40,41)42/h7-8,13,43,46-48H,1-6H2,(H,49,50,51). The molecule has 0 aliphatic heterocycles. The van der Waals surface area contributed by atoms with Crippen molar-refractivity contribution in [1.82, 2.24) is 0 Å². The maximum Gasteiger partial charge on any atom is 0.426 e. The number of hydrogen-bond donors (Lipinski definition) is 5. The monoisotopic (exact) mass is 874 g/mol. The zero-order valence-electron chi connectivity index (χ0n) is 25.8. The molecule has 0 aliphatic rings. The summed E-state index contributed by atoms with van der Waals surface area (Å²) in [6, 6.07) is -0.475. The van der Waals surface area contributed by atoms with E-state index in [-0.39, 0.29) is 12.1 Å². The summed E-state index contributed by atoms with van der Waals surface area (Å²) >= 11 is 0. The Bertz CT molecular complexity index is 1520. The fraction of sp³-hybridized carbons (Fsp3) is 0.667. The Labute approximate surface area is 291 Å². The van der Waals surface area contributed by atoms with Crippen molar-refractivity contribution in [2.24, 2.45) is 0 Å². The lowest BCUT2D eigenvalue weighted by Crippen LogP contribution is -2.57. The minimum Gasteiger partial charge on any atom is -0.462 e. The van der Waals surface area contributed by atoms with E-state index < -0.39 is 143 Å². The molecule has 0 radical (unpaired) electrons. The van der Waals surface area contributed by atoms with Crippen molar-refractivity contribution in [3.05, 3.63) is 28.8 Å². The largest absolute Gasteiger partial charge is 0.462 e. The number of halogens is 18. The number of aliphatic hydroxyl groups excluding tert-OH is 1. The molecule has 0 amide bonds. The second-order valence-electron chi connectivity index (χ2n) is 10.7. The van der Waals surface area contributed by atoms with Gasteiger partial charge in [-0.3, -0.25) is 4.55 Å². The first-order valence-corrected chi connectivity index (χ1v) is 14.9. The highest BCUT2D eigenvalue weighted by molar-refractivity contribution is 7.86. The predicted molar refractivity (Wildman–Crippen MR) is 133 cm³/mol. The van der Waals surface area contributed by atoms with Gasteiger partial charge in [-0.2, -0.15) is 87.4 Å². The third-order valence-electron chi connectivity index (χ3n) is 7.04. The van der Waals surface area contributed by atoms with E-state index in [2.05, 4.69) is 14.2 Å². The van der Waals surface area contributed by atoms with Crippen LogP contribution in [0.3, 0.4) is 0 Å². The average molecular weight is 874 g/mol. The van der Waals surface area contributed by atoms with Gasteiger partial charge in [0.05, 0.1) is 30.9 Å². The summed E-state index contributed by atoms with van der Waals surface area (Å²) in [4.78, 5) is 23.1. The first-order chi connectivity index (χ1) is 24.1.